The summed E-state index contributed by atoms with van der Waals surface area (Å²) >= 11 is 4.18. The van der Waals surface area contributed by atoms with Gasteiger partial charge in [-0.15, -0.1) is 0 Å². The van der Waals surface area contributed by atoms with Gasteiger partial charge in [-0.2, -0.15) is 13.2 Å². The van der Waals surface area contributed by atoms with Crippen molar-refractivity contribution in [1.29, 1.82) is 0 Å². The lowest BCUT2D eigenvalue weighted by Gasteiger charge is -2.23. The van der Waals surface area contributed by atoms with Crippen LogP contribution < -0.4 is 16.0 Å². The molecule has 0 atom stereocenters. The van der Waals surface area contributed by atoms with Crippen LogP contribution in [0.4, 0.5) is 29.3 Å². The molecule has 0 bridgehead atoms. The predicted molar refractivity (Wildman–Crippen MR) is 119 cm³/mol. The van der Waals surface area contributed by atoms with Gasteiger partial charge in [0.05, 0.1) is 16.9 Å². The number of anilines is 2. The molecule has 1 aromatic heterocycles. The van der Waals surface area contributed by atoms with Gasteiger partial charge < -0.3 is 11.1 Å². The molecule has 2 aromatic carbocycles. The number of pyridine rings is 1. The molecule has 11 heteroatoms. The third-order valence-electron chi connectivity index (χ3n) is 4.24. The number of amides is 3. The number of nitrogens with zero attached hydrogens (tertiary/aromatic N) is 2. The fourth-order valence-electron chi connectivity index (χ4n) is 2.82. The molecule has 0 aliphatic rings. The fourth-order valence-corrected chi connectivity index (χ4v) is 4.19. The Hall–Kier alpha value is -3.05. The number of rotatable bonds is 5. The Morgan fingerprint density at radius 3 is 2.41 bits per heavy atom. The zero-order valence-corrected chi connectivity index (χ0v) is 18.9. The number of halogens is 4. The van der Waals surface area contributed by atoms with Crippen molar-refractivity contribution in [2.75, 3.05) is 11.9 Å². The van der Waals surface area contributed by atoms with E-state index >= 15 is 0 Å². The molecular formula is C21H16BrF3N4O2S. The molecule has 0 saturated carbocycles. The number of nitrogens with two attached hydrogens (primary N) is 1. The number of alkyl halides is 3. The van der Waals surface area contributed by atoms with Gasteiger partial charge in [0.25, 0.3) is 5.91 Å². The molecule has 0 radical (unpaired) electrons. The maximum Gasteiger partial charge on any atom is 0.417 e. The molecule has 0 aliphatic heterocycles. The zero-order valence-electron chi connectivity index (χ0n) is 16.5. The van der Waals surface area contributed by atoms with Gasteiger partial charge in [0.2, 0.25) is 0 Å². The first kappa shape index (κ1) is 23.6. The molecule has 0 fully saturated rings. The minimum absolute atomic E-state index is 0.0269. The standard InChI is InChI=1S/C21H16BrF3N4O2S/c1-27-19(30)18-11-15(7-8-28-18)32-14-4-2-3-12(9-14)29(20(26)31)13-5-6-17(22)16(10-13)21(23,24)25/h2-11H,1H3,(H2,26,31)(H,27,30). The van der Waals surface area contributed by atoms with Gasteiger partial charge in [0.15, 0.2) is 0 Å². The second kappa shape index (κ2) is 9.61. The lowest BCUT2D eigenvalue weighted by atomic mass is 10.1. The highest BCUT2D eigenvalue weighted by Crippen LogP contribution is 2.39. The Labute approximate surface area is 194 Å². The molecule has 3 amide bonds. The Bertz CT molecular complexity index is 1170. The lowest BCUT2D eigenvalue weighted by molar-refractivity contribution is -0.138. The van der Waals surface area contributed by atoms with E-state index in [-0.39, 0.29) is 21.8 Å². The van der Waals surface area contributed by atoms with Crippen LogP contribution in [0, 0.1) is 0 Å². The number of hydrogen-bond donors (Lipinski definition) is 2. The number of carbonyl (C=O) groups is 2. The quantitative estimate of drug-likeness (QED) is 0.455. The van der Waals surface area contributed by atoms with Crippen molar-refractivity contribution >= 4 is 51.0 Å². The second-order valence-electron chi connectivity index (χ2n) is 6.39. The second-order valence-corrected chi connectivity index (χ2v) is 8.39. The third kappa shape index (κ3) is 5.40. The summed E-state index contributed by atoms with van der Waals surface area (Å²) < 4.78 is 39.8. The van der Waals surface area contributed by atoms with Crippen LogP contribution in [0.3, 0.4) is 0 Å². The van der Waals surface area contributed by atoms with Crippen molar-refractivity contribution in [2.24, 2.45) is 5.73 Å². The first-order valence-electron chi connectivity index (χ1n) is 9.02. The van der Waals surface area contributed by atoms with Crippen molar-refractivity contribution in [1.82, 2.24) is 10.3 Å². The Kier molecular flexibility index (Phi) is 7.09. The molecule has 0 saturated heterocycles. The first-order chi connectivity index (χ1) is 15.1. The lowest BCUT2D eigenvalue weighted by Crippen LogP contribution is -2.31. The van der Waals surface area contributed by atoms with Crippen LogP contribution in [0.1, 0.15) is 16.1 Å². The summed E-state index contributed by atoms with van der Waals surface area (Å²) in [6.45, 7) is 0. The molecule has 3 aromatic rings. The van der Waals surface area contributed by atoms with E-state index < -0.39 is 17.8 Å². The maximum atomic E-state index is 13.3. The average Bonchev–Trinajstić information content (AvgIpc) is 2.74. The highest BCUT2D eigenvalue weighted by molar-refractivity contribution is 9.10. The van der Waals surface area contributed by atoms with E-state index in [1.54, 1.807) is 36.4 Å². The van der Waals surface area contributed by atoms with E-state index in [0.29, 0.717) is 15.5 Å². The van der Waals surface area contributed by atoms with Crippen molar-refractivity contribution in [2.45, 2.75) is 16.0 Å². The molecule has 1 heterocycles. The SMILES string of the molecule is CNC(=O)c1cc(Sc2cccc(N(C(N)=O)c3ccc(Br)c(C(F)(F)F)c3)c2)ccn1. The molecule has 32 heavy (non-hydrogen) atoms. The van der Waals surface area contributed by atoms with Crippen LogP contribution in [0.15, 0.2) is 75.1 Å². The van der Waals surface area contributed by atoms with Gasteiger partial charge >= 0.3 is 12.2 Å². The van der Waals surface area contributed by atoms with Crippen LogP contribution in [-0.4, -0.2) is 24.0 Å². The van der Waals surface area contributed by atoms with Gasteiger partial charge in [-0.05, 0) is 48.5 Å². The molecule has 3 N–H and O–H groups in total. The number of primary amides is 1. The minimum Gasteiger partial charge on any atom is -0.354 e. The van der Waals surface area contributed by atoms with Crippen LogP contribution in [0.2, 0.25) is 0 Å². The normalized spacial score (nSPS) is 11.2. The largest absolute Gasteiger partial charge is 0.417 e. The molecule has 0 aliphatic carbocycles. The van der Waals surface area contributed by atoms with E-state index in [4.69, 9.17) is 5.73 Å². The average molecular weight is 525 g/mol. The number of benzene rings is 2. The molecule has 6 nitrogen and oxygen atoms in total. The minimum atomic E-state index is -4.61. The van der Waals surface area contributed by atoms with Gasteiger partial charge in [0, 0.05) is 27.5 Å². The summed E-state index contributed by atoms with van der Waals surface area (Å²) in [4.78, 5) is 30.3. The van der Waals surface area contributed by atoms with E-state index in [0.717, 1.165) is 11.0 Å². The molecule has 166 valence electrons. The topological polar surface area (TPSA) is 88.3 Å². The Morgan fingerprint density at radius 1 is 1.06 bits per heavy atom. The van der Waals surface area contributed by atoms with Gasteiger partial charge in [-0.25, -0.2) is 4.79 Å². The Morgan fingerprint density at radius 2 is 1.75 bits per heavy atom. The fraction of sp³-hybridized carbons (Fsp3) is 0.0952. The maximum absolute atomic E-state index is 13.3. The summed E-state index contributed by atoms with van der Waals surface area (Å²) in [5, 5.41) is 2.49. The summed E-state index contributed by atoms with van der Waals surface area (Å²) in [6, 6.07) is 12.4. The first-order valence-corrected chi connectivity index (χ1v) is 10.6. The van der Waals surface area contributed by atoms with E-state index in [9.17, 15) is 22.8 Å². The summed E-state index contributed by atoms with van der Waals surface area (Å²) in [7, 11) is 1.50. The van der Waals surface area contributed by atoms with Gasteiger partial charge in [0.1, 0.15) is 5.69 Å². The molecular weight excluding hydrogens is 509 g/mol. The molecule has 3 rings (SSSR count). The van der Waals surface area contributed by atoms with Crippen LogP contribution >= 0.6 is 27.7 Å². The number of aromatic nitrogens is 1. The van der Waals surface area contributed by atoms with E-state index in [2.05, 4.69) is 26.2 Å². The smallest absolute Gasteiger partial charge is 0.354 e. The van der Waals surface area contributed by atoms with Crippen molar-refractivity contribution in [3.05, 3.63) is 76.5 Å². The summed E-state index contributed by atoms with van der Waals surface area (Å²) in [6.07, 6.45) is -3.12. The van der Waals surface area contributed by atoms with Crippen LogP contribution in [0.25, 0.3) is 0 Å². The van der Waals surface area contributed by atoms with E-state index in [1.807, 2.05) is 0 Å². The van der Waals surface area contributed by atoms with Crippen LogP contribution in [0.5, 0.6) is 0 Å². The van der Waals surface area contributed by atoms with Crippen LogP contribution in [-0.2, 0) is 6.18 Å². The van der Waals surface area contributed by atoms with Crippen molar-refractivity contribution < 1.29 is 22.8 Å². The predicted octanol–water partition coefficient (Wildman–Crippen LogP) is 5.59. The van der Waals surface area contributed by atoms with Gasteiger partial charge in [-0.3, -0.25) is 14.7 Å². The zero-order chi connectivity index (χ0) is 23.5. The summed E-state index contributed by atoms with van der Waals surface area (Å²) in [5.41, 5.74) is 5.08. The summed E-state index contributed by atoms with van der Waals surface area (Å²) in [5.74, 6) is -0.336. The molecule has 0 unspecified atom stereocenters. The molecule has 0 spiro atoms. The Balaban J connectivity index is 1.96. The number of urea groups is 1. The highest BCUT2D eigenvalue weighted by Gasteiger charge is 2.34. The van der Waals surface area contributed by atoms with E-state index in [1.165, 1.54) is 37.1 Å². The third-order valence-corrected chi connectivity index (χ3v) is 5.91. The van der Waals surface area contributed by atoms with Gasteiger partial charge in [-0.1, -0.05) is 33.8 Å². The monoisotopic (exact) mass is 524 g/mol. The van der Waals surface area contributed by atoms with Crippen molar-refractivity contribution in [3.63, 3.8) is 0 Å². The van der Waals surface area contributed by atoms with Crippen molar-refractivity contribution in [3.8, 4) is 0 Å². The number of carbonyl (C=O) groups excluding carboxylic acids is 2. The number of hydrogen-bond acceptors (Lipinski definition) is 4. The number of nitrogens with one attached hydrogen (secondary N) is 1. The highest BCUT2D eigenvalue weighted by atomic mass is 79.9.